The van der Waals surface area contributed by atoms with Gasteiger partial charge in [0.25, 0.3) is 5.91 Å². The zero-order chi connectivity index (χ0) is 19.2. The Morgan fingerprint density at radius 1 is 1.15 bits per heavy atom. The number of hydrogen-bond acceptors (Lipinski definition) is 5. The van der Waals surface area contributed by atoms with Gasteiger partial charge in [0.05, 0.1) is 34.5 Å². The fraction of sp³-hybridized carbons (Fsp3) is 0.316. The highest BCUT2D eigenvalue weighted by Crippen LogP contribution is 2.28. The van der Waals surface area contributed by atoms with E-state index in [2.05, 4.69) is 10.2 Å². The molecule has 0 atom stereocenters. The molecule has 2 aromatic heterocycles. The molecule has 1 N–H and O–H groups in total. The van der Waals surface area contributed by atoms with E-state index in [1.54, 1.807) is 23.4 Å². The van der Waals surface area contributed by atoms with Crippen molar-refractivity contribution in [3.8, 4) is 11.3 Å². The van der Waals surface area contributed by atoms with Gasteiger partial charge < -0.3 is 4.90 Å². The molecule has 140 valence electrons. The van der Waals surface area contributed by atoms with Crippen LogP contribution in [0.4, 0.5) is 0 Å². The lowest BCUT2D eigenvalue weighted by molar-refractivity contribution is 0.0772. The molecule has 0 radical (unpaired) electrons. The van der Waals surface area contributed by atoms with Crippen LogP contribution in [-0.2, 0) is 9.84 Å². The largest absolute Gasteiger partial charge is 0.337 e. The second-order valence-electron chi connectivity index (χ2n) is 6.96. The van der Waals surface area contributed by atoms with Gasteiger partial charge in [-0.3, -0.25) is 9.89 Å². The predicted octanol–water partition coefficient (Wildman–Crippen LogP) is 2.11. The SMILES string of the molecule is Cc1cc(C)c2nc(-c3cn[nH]c3)cc(C(=O)N3CCS(=O)(=O)CC3)c2c1. The highest BCUT2D eigenvalue weighted by atomic mass is 32.2. The van der Waals surface area contributed by atoms with Crippen molar-refractivity contribution in [1.82, 2.24) is 20.1 Å². The van der Waals surface area contributed by atoms with Crippen LogP contribution in [0.15, 0.2) is 30.6 Å². The number of hydrogen-bond donors (Lipinski definition) is 1. The number of carbonyl (C=O) groups excluding carboxylic acids is 1. The Bertz CT molecular complexity index is 1120. The summed E-state index contributed by atoms with van der Waals surface area (Å²) in [6, 6.07) is 5.77. The van der Waals surface area contributed by atoms with Gasteiger partial charge in [-0.25, -0.2) is 13.4 Å². The minimum Gasteiger partial charge on any atom is -0.337 e. The van der Waals surface area contributed by atoms with Gasteiger partial charge in [0.1, 0.15) is 0 Å². The van der Waals surface area contributed by atoms with Gasteiger partial charge in [-0.05, 0) is 31.5 Å². The highest BCUT2D eigenvalue weighted by Gasteiger charge is 2.27. The fourth-order valence-corrected chi connectivity index (χ4v) is 4.68. The summed E-state index contributed by atoms with van der Waals surface area (Å²) in [7, 11) is -3.05. The molecule has 1 aromatic carbocycles. The maximum Gasteiger partial charge on any atom is 0.254 e. The van der Waals surface area contributed by atoms with Crippen molar-refractivity contribution >= 4 is 26.6 Å². The summed E-state index contributed by atoms with van der Waals surface area (Å²) in [5.41, 5.74) is 4.82. The Labute approximate surface area is 157 Å². The third kappa shape index (κ3) is 3.32. The molecule has 27 heavy (non-hydrogen) atoms. The molecular weight excluding hydrogens is 364 g/mol. The quantitative estimate of drug-likeness (QED) is 0.730. The van der Waals surface area contributed by atoms with Crippen LogP contribution in [0.5, 0.6) is 0 Å². The first kappa shape index (κ1) is 17.7. The van der Waals surface area contributed by atoms with Crippen LogP contribution in [0.2, 0.25) is 0 Å². The summed E-state index contributed by atoms with van der Waals surface area (Å²) in [6.07, 6.45) is 3.40. The van der Waals surface area contributed by atoms with E-state index < -0.39 is 9.84 Å². The number of amides is 1. The maximum atomic E-state index is 13.2. The number of fused-ring (bicyclic) bond motifs is 1. The number of rotatable bonds is 2. The minimum atomic E-state index is -3.05. The number of aromatic nitrogens is 3. The number of carbonyl (C=O) groups is 1. The first-order valence-corrected chi connectivity index (χ1v) is 10.6. The molecule has 1 amide bonds. The van der Waals surface area contributed by atoms with Crippen LogP contribution in [0.25, 0.3) is 22.2 Å². The van der Waals surface area contributed by atoms with Crippen LogP contribution in [0, 0.1) is 13.8 Å². The van der Waals surface area contributed by atoms with Gasteiger partial charge in [0, 0.05) is 30.2 Å². The summed E-state index contributed by atoms with van der Waals surface area (Å²) < 4.78 is 23.4. The second kappa shape index (κ2) is 6.45. The molecule has 7 nitrogen and oxygen atoms in total. The molecule has 1 aliphatic heterocycles. The monoisotopic (exact) mass is 384 g/mol. The first-order valence-electron chi connectivity index (χ1n) is 8.75. The molecule has 0 aliphatic carbocycles. The third-order valence-corrected chi connectivity index (χ3v) is 6.51. The van der Waals surface area contributed by atoms with Crippen molar-refractivity contribution in [3.05, 3.63) is 47.3 Å². The van der Waals surface area contributed by atoms with Crippen molar-refractivity contribution < 1.29 is 13.2 Å². The maximum absolute atomic E-state index is 13.2. The summed E-state index contributed by atoms with van der Waals surface area (Å²) in [6.45, 7) is 4.40. The van der Waals surface area contributed by atoms with Crippen molar-refractivity contribution in [1.29, 1.82) is 0 Å². The number of sulfone groups is 1. The zero-order valence-corrected chi connectivity index (χ0v) is 16.0. The average Bonchev–Trinajstić information content (AvgIpc) is 3.15. The number of benzene rings is 1. The molecule has 1 fully saturated rings. The number of pyridine rings is 1. The molecule has 0 saturated carbocycles. The molecule has 0 unspecified atom stereocenters. The van der Waals surface area contributed by atoms with Gasteiger partial charge in [-0.2, -0.15) is 5.10 Å². The van der Waals surface area contributed by atoms with Gasteiger partial charge >= 0.3 is 0 Å². The van der Waals surface area contributed by atoms with Crippen LogP contribution < -0.4 is 0 Å². The lowest BCUT2D eigenvalue weighted by Crippen LogP contribution is -2.43. The summed E-state index contributed by atoms with van der Waals surface area (Å²) in [4.78, 5) is 19.6. The molecule has 0 spiro atoms. The molecule has 8 heteroatoms. The standard InChI is InChI=1S/C19H20N4O3S/c1-12-7-13(2)18-15(8-12)16(9-17(22-18)14-10-20-21-11-14)19(24)23-3-5-27(25,26)6-4-23/h7-11H,3-6H2,1-2H3,(H,20,21). The van der Waals surface area contributed by atoms with Crippen molar-refractivity contribution in [2.75, 3.05) is 24.6 Å². The summed E-state index contributed by atoms with van der Waals surface area (Å²) in [5.74, 6) is -0.143. The normalized spacial score (nSPS) is 16.6. The summed E-state index contributed by atoms with van der Waals surface area (Å²) in [5, 5.41) is 7.53. The first-order chi connectivity index (χ1) is 12.8. The lowest BCUT2D eigenvalue weighted by Gasteiger charge is -2.27. The Morgan fingerprint density at radius 2 is 1.89 bits per heavy atom. The third-order valence-electron chi connectivity index (χ3n) is 4.90. The number of H-pyrrole nitrogens is 1. The molecule has 3 aromatic rings. The zero-order valence-electron chi connectivity index (χ0n) is 15.2. The van der Waals surface area contributed by atoms with Crippen LogP contribution in [0.1, 0.15) is 21.5 Å². The van der Waals surface area contributed by atoms with E-state index in [0.29, 0.717) is 11.3 Å². The van der Waals surface area contributed by atoms with Crippen molar-refractivity contribution in [2.24, 2.45) is 0 Å². The smallest absolute Gasteiger partial charge is 0.254 e. The second-order valence-corrected chi connectivity index (χ2v) is 9.27. The van der Waals surface area contributed by atoms with Crippen LogP contribution in [-0.4, -0.2) is 59.0 Å². The average molecular weight is 384 g/mol. The van der Waals surface area contributed by atoms with E-state index in [1.807, 2.05) is 26.0 Å². The molecule has 1 aliphatic rings. The topological polar surface area (TPSA) is 96.0 Å². The van der Waals surface area contributed by atoms with Crippen molar-refractivity contribution in [3.63, 3.8) is 0 Å². The number of nitrogens with one attached hydrogen (secondary N) is 1. The summed E-state index contributed by atoms with van der Waals surface area (Å²) >= 11 is 0. The van der Waals surface area contributed by atoms with E-state index in [0.717, 1.165) is 27.6 Å². The van der Waals surface area contributed by atoms with E-state index in [1.165, 1.54) is 0 Å². The highest BCUT2D eigenvalue weighted by molar-refractivity contribution is 7.91. The van der Waals surface area contributed by atoms with Gasteiger partial charge in [-0.15, -0.1) is 0 Å². The van der Waals surface area contributed by atoms with Gasteiger partial charge in [-0.1, -0.05) is 11.6 Å². The molecule has 4 rings (SSSR count). The van der Waals surface area contributed by atoms with Crippen LogP contribution in [0.3, 0.4) is 0 Å². The molecule has 0 bridgehead atoms. The Hall–Kier alpha value is -2.74. The van der Waals surface area contributed by atoms with Gasteiger partial charge in [0.15, 0.2) is 9.84 Å². The van der Waals surface area contributed by atoms with Crippen LogP contribution >= 0.6 is 0 Å². The van der Waals surface area contributed by atoms with E-state index in [-0.39, 0.29) is 30.5 Å². The van der Waals surface area contributed by atoms with Crippen molar-refractivity contribution in [2.45, 2.75) is 13.8 Å². The molecule has 1 saturated heterocycles. The molecular formula is C19H20N4O3S. The Kier molecular flexibility index (Phi) is 4.22. The lowest BCUT2D eigenvalue weighted by atomic mass is 9.99. The predicted molar refractivity (Wildman–Crippen MR) is 103 cm³/mol. The number of aromatic amines is 1. The number of aryl methyl sites for hydroxylation is 2. The van der Waals surface area contributed by atoms with Gasteiger partial charge in [0.2, 0.25) is 0 Å². The fourth-order valence-electron chi connectivity index (χ4n) is 3.48. The molecule has 3 heterocycles. The van der Waals surface area contributed by atoms with E-state index in [4.69, 9.17) is 4.98 Å². The number of nitrogens with zero attached hydrogens (tertiary/aromatic N) is 3. The van der Waals surface area contributed by atoms with E-state index in [9.17, 15) is 13.2 Å². The Morgan fingerprint density at radius 3 is 2.56 bits per heavy atom. The minimum absolute atomic E-state index is 0.00833. The Balaban J connectivity index is 1.86. The van der Waals surface area contributed by atoms with E-state index >= 15 is 0 Å².